The minimum atomic E-state index is -0.560. The third-order valence-electron chi connectivity index (χ3n) is 3.32. The third-order valence-corrected chi connectivity index (χ3v) is 3.56. The highest BCUT2D eigenvalue weighted by Crippen LogP contribution is 2.35. The first-order valence-corrected chi connectivity index (χ1v) is 6.45. The molecule has 1 aliphatic rings. The van der Waals surface area contributed by atoms with Gasteiger partial charge in [-0.3, -0.25) is 4.79 Å². The predicted molar refractivity (Wildman–Crippen MR) is 83.3 cm³/mol. The summed E-state index contributed by atoms with van der Waals surface area (Å²) in [6, 6.07) is 14.6. The van der Waals surface area contributed by atoms with Gasteiger partial charge in [0, 0.05) is 16.3 Å². The average Bonchev–Trinajstić information content (AvgIpc) is 2.65. The molecule has 2 aromatic rings. The minimum absolute atomic E-state index is 0. The van der Waals surface area contributed by atoms with Gasteiger partial charge in [-0.25, -0.2) is 0 Å². The molecular weight excluding hydrogens is 295 g/mol. The Kier molecular flexibility index (Phi) is 4.33. The number of amides is 1. The van der Waals surface area contributed by atoms with Crippen LogP contribution in [0.5, 0.6) is 0 Å². The van der Waals surface area contributed by atoms with Gasteiger partial charge in [0.25, 0.3) is 0 Å². The van der Waals surface area contributed by atoms with Crippen molar-refractivity contribution in [2.75, 3.05) is 4.90 Å². The Morgan fingerprint density at radius 2 is 1.90 bits per heavy atom. The Labute approximate surface area is 128 Å². The molecular formula is C15H14Cl2N2O. The maximum Gasteiger partial charge on any atom is 0.248 e. The van der Waals surface area contributed by atoms with Crippen molar-refractivity contribution in [2.45, 2.75) is 12.6 Å². The second-order valence-corrected chi connectivity index (χ2v) is 5.03. The van der Waals surface area contributed by atoms with Crippen molar-refractivity contribution in [3.8, 4) is 0 Å². The summed E-state index contributed by atoms with van der Waals surface area (Å²) in [4.78, 5) is 13.9. The van der Waals surface area contributed by atoms with Crippen LogP contribution in [0, 0.1) is 0 Å². The molecule has 1 heterocycles. The van der Waals surface area contributed by atoms with Gasteiger partial charge in [-0.1, -0.05) is 41.9 Å². The van der Waals surface area contributed by atoms with Gasteiger partial charge in [0.15, 0.2) is 0 Å². The lowest BCUT2D eigenvalue weighted by molar-refractivity contribution is -0.119. The first-order chi connectivity index (χ1) is 9.16. The fourth-order valence-electron chi connectivity index (χ4n) is 2.40. The Bertz CT molecular complexity index is 645. The Hall–Kier alpha value is -1.55. The molecule has 0 aliphatic carbocycles. The van der Waals surface area contributed by atoms with Crippen molar-refractivity contribution >= 4 is 35.6 Å². The number of halogens is 2. The predicted octanol–water partition coefficient (Wildman–Crippen LogP) is 3.31. The molecule has 3 rings (SSSR count). The lowest BCUT2D eigenvalue weighted by atomic mass is 10.1. The van der Waals surface area contributed by atoms with Gasteiger partial charge < -0.3 is 10.6 Å². The summed E-state index contributed by atoms with van der Waals surface area (Å²) in [6.45, 7) is 0.490. The van der Waals surface area contributed by atoms with E-state index in [1.807, 2.05) is 48.5 Å². The van der Waals surface area contributed by atoms with E-state index >= 15 is 0 Å². The van der Waals surface area contributed by atoms with E-state index in [2.05, 4.69) is 0 Å². The lowest BCUT2D eigenvalue weighted by Gasteiger charge is -2.17. The molecule has 3 nitrogen and oxygen atoms in total. The van der Waals surface area contributed by atoms with E-state index in [0.717, 1.165) is 16.8 Å². The lowest BCUT2D eigenvalue weighted by Crippen LogP contribution is -2.31. The molecule has 0 aromatic heterocycles. The highest BCUT2D eigenvalue weighted by molar-refractivity contribution is 6.30. The van der Waals surface area contributed by atoms with Gasteiger partial charge in [0.1, 0.15) is 6.04 Å². The molecule has 0 bridgehead atoms. The zero-order chi connectivity index (χ0) is 13.4. The van der Waals surface area contributed by atoms with Crippen molar-refractivity contribution in [3.05, 3.63) is 64.7 Å². The number of fused-ring (bicyclic) bond motifs is 1. The van der Waals surface area contributed by atoms with Gasteiger partial charge >= 0.3 is 0 Å². The van der Waals surface area contributed by atoms with E-state index in [1.54, 1.807) is 4.90 Å². The van der Waals surface area contributed by atoms with Crippen LogP contribution < -0.4 is 10.6 Å². The Morgan fingerprint density at radius 3 is 2.65 bits per heavy atom. The summed E-state index contributed by atoms with van der Waals surface area (Å²) < 4.78 is 0. The van der Waals surface area contributed by atoms with Crippen molar-refractivity contribution in [1.82, 2.24) is 0 Å². The smallest absolute Gasteiger partial charge is 0.248 e. The number of nitrogens with two attached hydrogens (primary N) is 1. The topological polar surface area (TPSA) is 46.3 Å². The fraction of sp³-hybridized carbons (Fsp3) is 0.133. The SMILES string of the molecule is Cl.NC1C(=O)N(Cc2cccc(Cl)c2)c2ccccc21. The molecule has 2 aromatic carbocycles. The van der Waals surface area contributed by atoms with Crippen LogP contribution in [-0.4, -0.2) is 5.91 Å². The van der Waals surface area contributed by atoms with Crippen LogP contribution >= 0.6 is 24.0 Å². The molecule has 20 heavy (non-hydrogen) atoms. The molecule has 1 amide bonds. The normalized spacial score (nSPS) is 16.8. The van der Waals surface area contributed by atoms with Gasteiger partial charge in [0.05, 0.1) is 6.54 Å². The molecule has 104 valence electrons. The molecule has 0 saturated heterocycles. The van der Waals surface area contributed by atoms with Gasteiger partial charge in [-0.05, 0) is 23.8 Å². The first kappa shape index (κ1) is 14.9. The zero-order valence-corrected chi connectivity index (χ0v) is 12.2. The Balaban J connectivity index is 0.00000147. The highest BCUT2D eigenvalue weighted by Gasteiger charge is 2.34. The van der Waals surface area contributed by atoms with Crippen LogP contribution in [0.25, 0.3) is 0 Å². The molecule has 2 N–H and O–H groups in total. The number of rotatable bonds is 2. The van der Waals surface area contributed by atoms with E-state index in [0.29, 0.717) is 11.6 Å². The quantitative estimate of drug-likeness (QED) is 0.925. The van der Waals surface area contributed by atoms with Crippen molar-refractivity contribution in [2.24, 2.45) is 5.73 Å². The number of carbonyl (C=O) groups is 1. The van der Waals surface area contributed by atoms with E-state index in [9.17, 15) is 4.79 Å². The first-order valence-electron chi connectivity index (χ1n) is 6.07. The second-order valence-electron chi connectivity index (χ2n) is 4.59. The fourth-order valence-corrected chi connectivity index (χ4v) is 2.61. The van der Waals surface area contributed by atoms with Crippen LogP contribution in [-0.2, 0) is 11.3 Å². The van der Waals surface area contributed by atoms with Crippen molar-refractivity contribution in [3.63, 3.8) is 0 Å². The van der Waals surface area contributed by atoms with E-state index in [-0.39, 0.29) is 18.3 Å². The summed E-state index contributed by atoms with van der Waals surface area (Å²) in [5.74, 6) is -0.0684. The molecule has 0 fully saturated rings. The van der Waals surface area contributed by atoms with Crippen LogP contribution in [0.2, 0.25) is 5.02 Å². The summed E-state index contributed by atoms with van der Waals surface area (Å²) in [5.41, 5.74) is 8.71. The molecule has 0 spiro atoms. The van der Waals surface area contributed by atoms with Gasteiger partial charge in [-0.2, -0.15) is 0 Å². The van der Waals surface area contributed by atoms with E-state index in [1.165, 1.54) is 0 Å². The number of para-hydroxylation sites is 1. The zero-order valence-electron chi connectivity index (χ0n) is 10.6. The van der Waals surface area contributed by atoms with Crippen LogP contribution in [0.15, 0.2) is 48.5 Å². The summed E-state index contributed by atoms with van der Waals surface area (Å²) in [7, 11) is 0. The summed E-state index contributed by atoms with van der Waals surface area (Å²) in [5, 5.41) is 0.668. The molecule has 1 unspecified atom stereocenters. The molecule has 0 saturated carbocycles. The van der Waals surface area contributed by atoms with Crippen LogP contribution in [0.3, 0.4) is 0 Å². The number of nitrogens with zero attached hydrogens (tertiary/aromatic N) is 1. The van der Waals surface area contributed by atoms with Gasteiger partial charge in [0.2, 0.25) is 5.91 Å². The van der Waals surface area contributed by atoms with Crippen molar-refractivity contribution in [1.29, 1.82) is 0 Å². The number of hydrogen-bond acceptors (Lipinski definition) is 2. The van der Waals surface area contributed by atoms with Gasteiger partial charge in [-0.15, -0.1) is 12.4 Å². The molecule has 1 aliphatic heterocycles. The standard InChI is InChI=1S/C15H13ClN2O.ClH/c16-11-5-3-4-10(8-11)9-18-13-7-2-1-6-12(13)14(17)15(18)19;/h1-8,14H,9,17H2;1H. The third kappa shape index (κ3) is 2.52. The number of carbonyl (C=O) groups excluding carboxylic acids is 1. The van der Waals surface area contributed by atoms with Crippen LogP contribution in [0.4, 0.5) is 5.69 Å². The van der Waals surface area contributed by atoms with E-state index < -0.39 is 6.04 Å². The second kappa shape index (κ2) is 5.83. The maximum atomic E-state index is 12.2. The highest BCUT2D eigenvalue weighted by atomic mass is 35.5. The number of anilines is 1. The maximum absolute atomic E-state index is 12.2. The van der Waals surface area contributed by atoms with Crippen LogP contribution in [0.1, 0.15) is 17.2 Å². The minimum Gasteiger partial charge on any atom is -0.316 e. The largest absolute Gasteiger partial charge is 0.316 e. The Morgan fingerprint density at radius 1 is 1.15 bits per heavy atom. The molecule has 1 atom stereocenters. The van der Waals surface area contributed by atoms with Crippen molar-refractivity contribution < 1.29 is 4.79 Å². The average molecular weight is 309 g/mol. The summed E-state index contributed by atoms with van der Waals surface area (Å²) in [6.07, 6.45) is 0. The summed E-state index contributed by atoms with van der Waals surface area (Å²) >= 11 is 5.97. The number of benzene rings is 2. The molecule has 5 heteroatoms. The molecule has 0 radical (unpaired) electrons. The monoisotopic (exact) mass is 308 g/mol. The number of hydrogen-bond donors (Lipinski definition) is 1. The van der Waals surface area contributed by atoms with E-state index in [4.69, 9.17) is 17.3 Å².